The van der Waals surface area contributed by atoms with Gasteiger partial charge in [0.1, 0.15) is 0 Å². The van der Waals surface area contributed by atoms with Gasteiger partial charge in [0.15, 0.2) is 0 Å². The average molecular weight is 388 g/mol. The minimum absolute atomic E-state index is 0.00434. The van der Waals surface area contributed by atoms with Gasteiger partial charge in [0.2, 0.25) is 0 Å². The van der Waals surface area contributed by atoms with Crippen LogP contribution < -0.4 is 4.90 Å². The van der Waals surface area contributed by atoms with Crippen LogP contribution in [0.25, 0.3) is 0 Å². The Morgan fingerprint density at radius 3 is 2.59 bits per heavy atom. The van der Waals surface area contributed by atoms with Crippen LogP contribution >= 0.6 is 11.6 Å². The first-order chi connectivity index (χ1) is 13.0. The van der Waals surface area contributed by atoms with E-state index in [1.54, 1.807) is 0 Å². The van der Waals surface area contributed by atoms with Gasteiger partial charge in [-0.3, -0.25) is 4.79 Å². The van der Waals surface area contributed by atoms with Crippen molar-refractivity contribution in [1.82, 2.24) is 0 Å². The fraction of sp³-hybridized carbons (Fsp3) is 0.409. The second kappa shape index (κ2) is 8.77. The van der Waals surface area contributed by atoms with Crippen molar-refractivity contribution in [1.29, 1.82) is 0 Å². The normalized spacial score (nSPS) is 17.9. The molecule has 0 aliphatic carbocycles. The quantitative estimate of drug-likeness (QED) is 0.735. The molecule has 1 unspecified atom stereocenters. The first kappa shape index (κ1) is 19.7. The van der Waals surface area contributed by atoms with Crippen LogP contribution in [0.3, 0.4) is 0 Å². The van der Waals surface area contributed by atoms with Crippen molar-refractivity contribution in [2.24, 2.45) is 0 Å². The lowest BCUT2D eigenvalue weighted by Gasteiger charge is -2.24. The van der Waals surface area contributed by atoms with Gasteiger partial charge in [0.25, 0.3) is 0 Å². The van der Waals surface area contributed by atoms with Crippen LogP contribution in [0.5, 0.6) is 0 Å². The molecule has 0 amide bonds. The average Bonchev–Trinajstić information content (AvgIpc) is 3.07. The van der Waals surface area contributed by atoms with Gasteiger partial charge in [0.05, 0.1) is 12.5 Å². The van der Waals surface area contributed by atoms with Crippen molar-refractivity contribution in [2.45, 2.75) is 44.6 Å². The lowest BCUT2D eigenvalue weighted by atomic mass is 9.90. The molecule has 27 heavy (non-hydrogen) atoms. The highest BCUT2D eigenvalue weighted by molar-refractivity contribution is 6.30. The molecule has 0 radical (unpaired) electrons. The van der Waals surface area contributed by atoms with Gasteiger partial charge in [-0.05, 0) is 60.1 Å². The minimum Gasteiger partial charge on any atom is -0.481 e. The Balaban J connectivity index is 1.95. The number of aliphatic hydroxyl groups excluding tert-OH is 1. The van der Waals surface area contributed by atoms with Crippen LogP contribution in [0.4, 0.5) is 5.69 Å². The highest BCUT2D eigenvalue weighted by Crippen LogP contribution is 2.32. The molecule has 144 valence electrons. The zero-order chi connectivity index (χ0) is 19.4. The molecule has 5 heteroatoms. The summed E-state index contributed by atoms with van der Waals surface area (Å²) in [5, 5.41) is 19.9. The molecule has 4 nitrogen and oxygen atoms in total. The number of aliphatic hydroxyl groups is 1. The monoisotopic (exact) mass is 387 g/mol. The Morgan fingerprint density at radius 1 is 1.26 bits per heavy atom. The van der Waals surface area contributed by atoms with Crippen molar-refractivity contribution in [3.8, 4) is 0 Å². The van der Waals surface area contributed by atoms with Gasteiger partial charge in [-0.15, -0.1) is 0 Å². The highest BCUT2D eigenvalue weighted by atomic mass is 35.5. The fourth-order valence-corrected chi connectivity index (χ4v) is 3.93. The van der Waals surface area contributed by atoms with E-state index < -0.39 is 5.97 Å². The maximum absolute atomic E-state index is 11.2. The van der Waals surface area contributed by atoms with E-state index in [-0.39, 0.29) is 18.4 Å². The molecule has 1 fully saturated rings. The summed E-state index contributed by atoms with van der Waals surface area (Å²) >= 11 is 6.01. The number of β-amino-alcohol motifs (C(OH)–C–C–N with tert-alkyl or cyclic N) is 1. The molecule has 0 bridgehead atoms. The van der Waals surface area contributed by atoms with E-state index in [4.69, 9.17) is 11.6 Å². The summed E-state index contributed by atoms with van der Waals surface area (Å²) in [4.78, 5) is 13.4. The Kier molecular flexibility index (Phi) is 6.40. The maximum atomic E-state index is 11.2. The molecule has 0 aromatic heterocycles. The zero-order valence-electron chi connectivity index (χ0n) is 15.6. The minimum atomic E-state index is -0.771. The third kappa shape index (κ3) is 5.02. The van der Waals surface area contributed by atoms with E-state index in [1.807, 2.05) is 37.3 Å². The van der Waals surface area contributed by atoms with E-state index >= 15 is 0 Å². The molecular formula is C22H26ClNO3. The predicted molar refractivity (Wildman–Crippen MR) is 109 cm³/mol. The summed E-state index contributed by atoms with van der Waals surface area (Å²) in [6.45, 7) is 3.50. The molecule has 1 aliphatic rings. The number of hydrogen-bond donors (Lipinski definition) is 2. The van der Waals surface area contributed by atoms with Gasteiger partial charge >= 0.3 is 5.97 Å². The van der Waals surface area contributed by atoms with Crippen LogP contribution in [0.2, 0.25) is 5.02 Å². The summed E-state index contributed by atoms with van der Waals surface area (Å²) in [6.07, 6.45) is 2.16. The van der Waals surface area contributed by atoms with Gasteiger partial charge in [0, 0.05) is 23.8 Å². The Bertz CT molecular complexity index is 791. The van der Waals surface area contributed by atoms with E-state index in [0.717, 1.165) is 48.2 Å². The first-order valence-electron chi connectivity index (χ1n) is 9.48. The van der Waals surface area contributed by atoms with Crippen molar-refractivity contribution in [2.75, 3.05) is 18.0 Å². The first-order valence-corrected chi connectivity index (χ1v) is 9.86. The zero-order valence-corrected chi connectivity index (χ0v) is 16.3. The van der Waals surface area contributed by atoms with Crippen LogP contribution in [0.15, 0.2) is 42.5 Å². The smallest absolute Gasteiger partial charge is 0.303 e. The lowest BCUT2D eigenvalue weighted by molar-refractivity contribution is -0.137. The molecule has 1 heterocycles. The van der Waals surface area contributed by atoms with Gasteiger partial charge in [-0.1, -0.05) is 42.8 Å². The molecule has 1 aliphatic heterocycles. The summed E-state index contributed by atoms with van der Waals surface area (Å²) in [5.74, 6) is -0.766. The topological polar surface area (TPSA) is 60.8 Å². The van der Waals surface area contributed by atoms with Crippen molar-refractivity contribution in [3.63, 3.8) is 0 Å². The van der Waals surface area contributed by atoms with Crippen molar-refractivity contribution >= 4 is 23.3 Å². The van der Waals surface area contributed by atoms with E-state index in [1.165, 1.54) is 0 Å². The van der Waals surface area contributed by atoms with Gasteiger partial charge in [-0.2, -0.15) is 0 Å². The molecule has 0 spiro atoms. The largest absolute Gasteiger partial charge is 0.481 e. The number of rotatable bonds is 7. The number of nitrogens with zero attached hydrogens (tertiary/aromatic N) is 1. The Labute approximate surface area is 165 Å². The van der Waals surface area contributed by atoms with E-state index in [9.17, 15) is 15.0 Å². The molecule has 3 rings (SSSR count). The van der Waals surface area contributed by atoms with Crippen LogP contribution in [-0.2, 0) is 11.2 Å². The number of halogens is 1. The second-order valence-electron chi connectivity index (χ2n) is 7.28. The molecule has 0 saturated carbocycles. The SMILES string of the molecule is CCC(CC(=O)O)c1ccc(N2CC[C@H](O)C2)c(Cc2ccc(Cl)cc2)c1. The summed E-state index contributed by atoms with van der Waals surface area (Å²) < 4.78 is 0. The molecular weight excluding hydrogens is 362 g/mol. The second-order valence-corrected chi connectivity index (χ2v) is 7.72. The van der Waals surface area contributed by atoms with E-state index in [2.05, 4.69) is 17.0 Å². The summed E-state index contributed by atoms with van der Waals surface area (Å²) in [6, 6.07) is 14.1. The number of carboxylic acid groups (broad SMARTS) is 1. The standard InChI is InChI=1S/C22H26ClNO3/c1-2-16(13-22(26)27)17-5-8-21(24-10-9-20(25)14-24)18(12-17)11-15-3-6-19(23)7-4-15/h3-8,12,16,20,25H,2,9-11,13-14H2,1H3,(H,26,27)/t16?,20-/m0/s1. The van der Waals surface area contributed by atoms with Crippen LogP contribution in [0, 0.1) is 0 Å². The Hall–Kier alpha value is -2.04. The number of carbonyl (C=O) groups is 1. The number of aliphatic carboxylic acids is 1. The van der Waals surface area contributed by atoms with Gasteiger partial charge < -0.3 is 15.1 Å². The van der Waals surface area contributed by atoms with Crippen molar-refractivity contribution in [3.05, 3.63) is 64.2 Å². The summed E-state index contributed by atoms with van der Waals surface area (Å²) in [5.41, 5.74) is 4.50. The molecule has 1 saturated heterocycles. The number of anilines is 1. The fourth-order valence-electron chi connectivity index (χ4n) is 3.80. The van der Waals surface area contributed by atoms with Gasteiger partial charge in [-0.25, -0.2) is 0 Å². The van der Waals surface area contributed by atoms with E-state index in [0.29, 0.717) is 11.6 Å². The maximum Gasteiger partial charge on any atom is 0.303 e. The highest BCUT2D eigenvalue weighted by Gasteiger charge is 2.23. The Morgan fingerprint density at radius 2 is 2.00 bits per heavy atom. The van der Waals surface area contributed by atoms with Crippen molar-refractivity contribution < 1.29 is 15.0 Å². The number of carboxylic acids is 1. The predicted octanol–water partition coefficient (Wildman–Crippen LogP) is 4.47. The molecule has 2 aromatic rings. The number of benzene rings is 2. The number of hydrogen-bond acceptors (Lipinski definition) is 3. The molecule has 2 N–H and O–H groups in total. The van der Waals surface area contributed by atoms with Crippen LogP contribution in [-0.4, -0.2) is 35.4 Å². The summed E-state index contributed by atoms with van der Waals surface area (Å²) in [7, 11) is 0. The lowest BCUT2D eigenvalue weighted by Crippen LogP contribution is -2.22. The molecule has 2 aromatic carbocycles. The third-order valence-electron chi connectivity index (χ3n) is 5.30. The third-order valence-corrected chi connectivity index (χ3v) is 5.55. The molecule has 2 atom stereocenters. The van der Waals surface area contributed by atoms with Crippen LogP contribution in [0.1, 0.15) is 48.8 Å².